The summed E-state index contributed by atoms with van der Waals surface area (Å²) in [5.41, 5.74) is -0.332. The summed E-state index contributed by atoms with van der Waals surface area (Å²) in [6.45, 7) is 0. The third-order valence-corrected chi connectivity index (χ3v) is 5.63. The van der Waals surface area contributed by atoms with Crippen LogP contribution in [0.25, 0.3) is 0 Å². The van der Waals surface area contributed by atoms with E-state index in [-0.39, 0.29) is 20.6 Å². The lowest BCUT2D eigenvalue weighted by Crippen LogP contribution is -2.11. The first-order chi connectivity index (χ1) is 9.29. The summed E-state index contributed by atoms with van der Waals surface area (Å²) in [5.74, 6) is 0. The predicted molar refractivity (Wildman–Crippen MR) is 78.2 cm³/mol. The van der Waals surface area contributed by atoms with Crippen molar-refractivity contribution < 1.29 is 13.3 Å². The van der Waals surface area contributed by atoms with E-state index in [0.29, 0.717) is 4.34 Å². The van der Waals surface area contributed by atoms with Gasteiger partial charge in [-0.2, -0.15) is 0 Å². The molecule has 0 aliphatic carbocycles. The van der Waals surface area contributed by atoms with Gasteiger partial charge in [0.25, 0.3) is 15.7 Å². The van der Waals surface area contributed by atoms with Crippen molar-refractivity contribution in [2.45, 2.75) is 4.21 Å². The zero-order valence-corrected chi connectivity index (χ0v) is 12.7. The van der Waals surface area contributed by atoms with E-state index in [9.17, 15) is 18.5 Å². The molecule has 0 atom stereocenters. The zero-order chi connectivity index (χ0) is 14.9. The Labute approximate surface area is 128 Å². The van der Waals surface area contributed by atoms with Crippen molar-refractivity contribution in [1.82, 2.24) is 0 Å². The lowest BCUT2D eigenvalue weighted by molar-refractivity contribution is -0.384. The van der Waals surface area contributed by atoms with Crippen LogP contribution in [0.4, 0.5) is 11.4 Å². The van der Waals surface area contributed by atoms with Gasteiger partial charge in [0.15, 0.2) is 0 Å². The lowest BCUT2D eigenvalue weighted by Gasteiger charge is -2.06. The van der Waals surface area contributed by atoms with Crippen molar-refractivity contribution in [3.8, 4) is 0 Å². The maximum absolute atomic E-state index is 12.0. The number of thiophene rings is 1. The average Bonchev–Trinajstić information content (AvgIpc) is 2.78. The minimum atomic E-state index is -3.83. The van der Waals surface area contributed by atoms with E-state index in [2.05, 4.69) is 4.72 Å². The van der Waals surface area contributed by atoms with Crippen molar-refractivity contribution in [2.75, 3.05) is 4.72 Å². The molecule has 0 radical (unpaired) electrons. The number of hydrogen-bond acceptors (Lipinski definition) is 5. The van der Waals surface area contributed by atoms with Crippen LogP contribution in [0.2, 0.25) is 9.36 Å². The van der Waals surface area contributed by atoms with Gasteiger partial charge < -0.3 is 0 Å². The largest absolute Gasteiger partial charge is 0.289 e. The van der Waals surface area contributed by atoms with Gasteiger partial charge in [-0.25, -0.2) is 8.42 Å². The van der Waals surface area contributed by atoms with Gasteiger partial charge >= 0.3 is 0 Å². The van der Waals surface area contributed by atoms with Crippen LogP contribution >= 0.6 is 34.5 Å². The summed E-state index contributed by atoms with van der Waals surface area (Å²) in [6.07, 6.45) is 0. The first kappa shape index (κ1) is 15.0. The molecular formula is C10H6Cl2N2O4S2. The number of anilines is 1. The molecule has 0 spiro atoms. The first-order valence-electron chi connectivity index (χ1n) is 5.02. The van der Waals surface area contributed by atoms with E-state index in [0.717, 1.165) is 17.4 Å². The van der Waals surface area contributed by atoms with Gasteiger partial charge in [0.05, 0.1) is 14.9 Å². The molecule has 1 heterocycles. The molecular weight excluding hydrogens is 347 g/mol. The molecule has 1 N–H and O–H groups in total. The number of halogens is 2. The normalized spacial score (nSPS) is 11.3. The van der Waals surface area contributed by atoms with Crippen molar-refractivity contribution >= 4 is 55.9 Å². The highest BCUT2D eigenvalue weighted by Gasteiger charge is 2.19. The van der Waals surface area contributed by atoms with Gasteiger partial charge in [0.1, 0.15) is 9.23 Å². The Kier molecular flexibility index (Phi) is 4.19. The van der Waals surface area contributed by atoms with E-state index in [1.807, 2.05) is 0 Å². The van der Waals surface area contributed by atoms with Crippen LogP contribution in [0.15, 0.2) is 34.5 Å². The first-order valence-corrected chi connectivity index (χ1v) is 8.07. The van der Waals surface area contributed by atoms with Crippen LogP contribution in [-0.2, 0) is 10.0 Å². The Bertz CT molecular complexity index is 773. The van der Waals surface area contributed by atoms with Crippen molar-refractivity contribution in [3.63, 3.8) is 0 Å². The van der Waals surface area contributed by atoms with Crippen molar-refractivity contribution in [2.24, 2.45) is 0 Å². The molecule has 6 nitrogen and oxygen atoms in total. The molecule has 20 heavy (non-hydrogen) atoms. The molecule has 0 fully saturated rings. The standard InChI is InChI=1S/C10H6Cl2N2O4S2/c11-7-2-1-6(5-8(7)14(15)16)13-20(17,18)10-4-3-9(12)19-10/h1-5,13H. The summed E-state index contributed by atoms with van der Waals surface area (Å²) in [5, 5.41) is 10.7. The molecule has 10 heteroatoms. The number of nitrogens with one attached hydrogen (secondary N) is 1. The number of nitrogens with zero attached hydrogens (tertiary/aromatic N) is 1. The second kappa shape index (κ2) is 5.57. The van der Waals surface area contributed by atoms with Gasteiger partial charge in [-0.15, -0.1) is 11.3 Å². The molecule has 0 unspecified atom stereocenters. The third-order valence-electron chi connectivity index (χ3n) is 2.21. The summed E-state index contributed by atoms with van der Waals surface area (Å²) < 4.78 is 26.6. The molecule has 0 saturated heterocycles. The molecule has 1 aromatic carbocycles. The summed E-state index contributed by atoms with van der Waals surface area (Å²) in [7, 11) is -3.83. The number of sulfonamides is 1. The predicted octanol–water partition coefficient (Wildman–Crippen LogP) is 3.76. The fourth-order valence-corrected chi connectivity index (χ4v) is 4.08. The number of hydrogen-bond donors (Lipinski definition) is 1. The molecule has 1 aromatic heterocycles. The third kappa shape index (κ3) is 3.21. The highest BCUT2D eigenvalue weighted by molar-refractivity contribution is 7.94. The van der Waals surface area contributed by atoms with Crippen LogP contribution in [0, 0.1) is 10.1 Å². The Morgan fingerprint density at radius 2 is 1.90 bits per heavy atom. The summed E-state index contributed by atoms with van der Waals surface area (Å²) >= 11 is 12.2. The second-order valence-electron chi connectivity index (χ2n) is 3.59. The number of nitro benzene ring substituents is 1. The van der Waals surface area contributed by atoms with Gasteiger partial charge in [-0.05, 0) is 24.3 Å². The number of benzene rings is 1. The molecule has 0 amide bonds. The number of nitro groups is 1. The smallest absolute Gasteiger partial charge is 0.279 e. The van der Waals surface area contributed by atoms with Gasteiger partial charge in [0, 0.05) is 6.07 Å². The van der Waals surface area contributed by atoms with Crippen LogP contribution < -0.4 is 4.72 Å². The van der Waals surface area contributed by atoms with E-state index in [1.165, 1.54) is 24.3 Å². The monoisotopic (exact) mass is 352 g/mol. The van der Waals surface area contributed by atoms with Crippen LogP contribution in [0.1, 0.15) is 0 Å². The van der Waals surface area contributed by atoms with Crippen LogP contribution in [0.3, 0.4) is 0 Å². The number of rotatable bonds is 4. The van der Waals surface area contributed by atoms with Crippen LogP contribution in [-0.4, -0.2) is 13.3 Å². The Morgan fingerprint density at radius 1 is 1.20 bits per heavy atom. The fraction of sp³-hybridized carbons (Fsp3) is 0. The summed E-state index contributed by atoms with van der Waals surface area (Å²) in [6, 6.07) is 6.43. The Balaban J connectivity index is 2.35. The topological polar surface area (TPSA) is 89.3 Å². The van der Waals surface area contributed by atoms with Crippen molar-refractivity contribution in [3.05, 3.63) is 49.8 Å². The molecule has 2 rings (SSSR count). The fourth-order valence-electron chi connectivity index (χ4n) is 1.36. The van der Waals surface area contributed by atoms with E-state index >= 15 is 0 Å². The molecule has 106 valence electrons. The molecule has 2 aromatic rings. The van der Waals surface area contributed by atoms with Crippen molar-refractivity contribution in [1.29, 1.82) is 0 Å². The SMILES string of the molecule is O=[N+]([O-])c1cc(NS(=O)(=O)c2ccc(Cl)s2)ccc1Cl. The minimum Gasteiger partial charge on any atom is -0.279 e. The molecule has 0 aliphatic rings. The molecule has 0 aliphatic heterocycles. The van der Waals surface area contributed by atoms with E-state index in [4.69, 9.17) is 23.2 Å². The van der Waals surface area contributed by atoms with Gasteiger partial charge in [-0.3, -0.25) is 14.8 Å². The quantitative estimate of drug-likeness (QED) is 0.669. The summed E-state index contributed by atoms with van der Waals surface area (Å²) in [4.78, 5) is 10.0. The van der Waals surface area contributed by atoms with E-state index < -0.39 is 14.9 Å². The second-order valence-corrected chi connectivity index (χ2v) is 7.62. The maximum atomic E-state index is 12.0. The van der Waals surface area contributed by atoms with Gasteiger partial charge in [-0.1, -0.05) is 23.2 Å². The Morgan fingerprint density at radius 3 is 2.45 bits per heavy atom. The molecule has 0 saturated carbocycles. The van der Waals surface area contributed by atoms with Crippen LogP contribution in [0.5, 0.6) is 0 Å². The molecule has 0 bridgehead atoms. The Hall–Kier alpha value is -1.35. The average molecular weight is 353 g/mol. The lowest BCUT2D eigenvalue weighted by atomic mass is 10.3. The maximum Gasteiger partial charge on any atom is 0.289 e. The zero-order valence-electron chi connectivity index (χ0n) is 9.54. The highest BCUT2D eigenvalue weighted by Crippen LogP contribution is 2.30. The van der Waals surface area contributed by atoms with E-state index in [1.54, 1.807) is 0 Å². The highest BCUT2D eigenvalue weighted by atomic mass is 35.5. The minimum absolute atomic E-state index is 0.0140. The van der Waals surface area contributed by atoms with Gasteiger partial charge in [0.2, 0.25) is 0 Å².